The van der Waals surface area contributed by atoms with Gasteiger partial charge in [-0.25, -0.2) is 0 Å². The van der Waals surface area contributed by atoms with Crippen molar-refractivity contribution in [1.82, 2.24) is 0 Å². The minimum Gasteiger partial charge on any atom is -0.384 e. The van der Waals surface area contributed by atoms with Gasteiger partial charge in [-0.15, -0.1) is 0 Å². The van der Waals surface area contributed by atoms with Crippen molar-refractivity contribution in [3.05, 3.63) is 29.8 Å². The fraction of sp³-hybridized carbons (Fsp3) is 0.647. The second-order valence-electron chi connectivity index (χ2n) is 6.48. The van der Waals surface area contributed by atoms with Crippen LogP contribution in [0.15, 0.2) is 24.3 Å². The lowest BCUT2D eigenvalue weighted by atomic mass is 9.75. The van der Waals surface area contributed by atoms with Crippen LogP contribution in [0.5, 0.6) is 0 Å². The average Bonchev–Trinajstić information content (AvgIpc) is 2.40. The summed E-state index contributed by atoms with van der Waals surface area (Å²) in [6, 6.07) is 9.27. The number of hydrogen-bond acceptors (Lipinski definition) is 2. The zero-order chi connectivity index (χ0) is 13.7. The van der Waals surface area contributed by atoms with E-state index in [9.17, 15) is 0 Å². The third kappa shape index (κ3) is 4.24. The van der Waals surface area contributed by atoms with Gasteiger partial charge >= 0.3 is 0 Å². The van der Waals surface area contributed by atoms with Crippen molar-refractivity contribution in [3.63, 3.8) is 0 Å². The number of anilines is 1. The zero-order valence-corrected chi connectivity index (χ0v) is 12.5. The highest BCUT2D eigenvalue weighted by Gasteiger charge is 2.26. The standard InChI is InChI=1S/C17H27NO/c1-17(2)11-8-15(9-12-17)18-16-7-5-4-6-14(16)10-13-19-3/h4-7,15,18H,8-13H2,1-3H3. The van der Waals surface area contributed by atoms with Gasteiger partial charge < -0.3 is 10.1 Å². The first-order chi connectivity index (χ1) is 9.11. The van der Waals surface area contributed by atoms with Crippen LogP contribution in [0.4, 0.5) is 5.69 Å². The van der Waals surface area contributed by atoms with Crippen LogP contribution in [0.2, 0.25) is 0 Å². The molecule has 0 aliphatic heterocycles. The first-order valence-corrected chi connectivity index (χ1v) is 7.44. The smallest absolute Gasteiger partial charge is 0.0503 e. The van der Waals surface area contributed by atoms with Gasteiger partial charge in [-0.05, 0) is 49.1 Å². The molecule has 2 rings (SSSR count). The molecule has 1 N–H and O–H groups in total. The summed E-state index contributed by atoms with van der Waals surface area (Å²) in [6.07, 6.45) is 6.20. The Labute approximate surface area is 117 Å². The molecule has 106 valence electrons. The maximum absolute atomic E-state index is 5.19. The molecular formula is C17H27NO. The molecule has 0 heterocycles. The Morgan fingerprint density at radius 1 is 1.21 bits per heavy atom. The Bertz CT molecular complexity index is 390. The highest BCUT2D eigenvalue weighted by Crippen LogP contribution is 2.36. The van der Waals surface area contributed by atoms with E-state index in [1.807, 2.05) is 0 Å². The lowest BCUT2D eigenvalue weighted by Crippen LogP contribution is -2.30. The Kier molecular flexibility index (Phi) is 4.87. The van der Waals surface area contributed by atoms with E-state index >= 15 is 0 Å². The second-order valence-corrected chi connectivity index (χ2v) is 6.48. The van der Waals surface area contributed by atoms with Crippen LogP contribution < -0.4 is 5.32 Å². The second kappa shape index (κ2) is 6.42. The first kappa shape index (κ1) is 14.4. The minimum absolute atomic E-state index is 0.535. The summed E-state index contributed by atoms with van der Waals surface area (Å²) in [5.41, 5.74) is 3.20. The predicted molar refractivity (Wildman–Crippen MR) is 81.7 cm³/mol. The highest BCUT2D eigenvalue weighted by molar-refractivity contribution is 5.52. The summed E-state index contributed by atoms with van der Waals surface area (Å²) < 4.78 is 5.19. The van der Waals surface area contributed by atoms with Crippen LogP contribution >= 0.6 is 0 Å². The molecule has 19 heavy (non-hydrogen) atoms. The van der Waals surface area contributed by atoms with Crippen LogP contribution in [-0.2, 0) is 11.2 Å². The molecule has 2 nitrogen and oxygen atoms in total. The van der Waals surface area contributed by atoms with E-state index in [2.05, 4.69) is 43.4 Å². The van der Waals surface area contributed by atoms with Gasteiger partial charge in [0.2, 0.25) is 0 Å². The summed E-state index contributed by atoms with van der Waals surface area (Å²) in [6.45, 7) is 5.56. The third-order valence-electron chi connectivity index (χ3n) is 4.29. The van der Waals surface area contributed by atoms with E-state index in [0.717, 1.165) is 13.0 Å². The number of rotatable bonds is 5. The van der Waals surface area contributed by atoms with Crippen molar-refractivity contribution < 1.29 is 4.74 Å². The van der Waals surface area contributed by atoms with E-state index in [-0.39, 0.29) is 0 Å². The van der Waals surface area contributed by atoms with E-state index in [1.165, 1.54) is 36.9 Å². The van der Waals surface area contributed by atoms with E-state index < -0.39 is 0 Å². The molecule has 0 spiro atoms. The topological polar surface area (TPSA) is 21.3 Å². The SMILES string of the molecule is COCCc1ccccc1NC1CCC(C)(C)CC1. The monoisotopic (exact) mass is 261 g/mol. The van der Waals surface area contributed by atoms with Crippen molar-refractivity contribution in [1.29, 1.82) is 0 Å². The van der Waals surface area contributed by atoms with Crippen LogP contribution in [0, 0.1) is 5.41 Å². The molecule has 1 aromatic rings. The van der Waals surface area contributed by atoms with Crippen molar-refractivity contribution in [2.75, 3.05) is 19.0 Å². The number of benzene rings is 1. The van der Waals surface area contributed by atoms with Crippen LogP contribution in [-0.4, -0.2) is 19.8 Å². The number of ether oxygens (including phenoxy) is 1. The van der Waals surface area contributed by atoms with Gasteiger partial charge in [0.25, 0.3) is 0 Å². The quantitative estimate of drug-likeness (QED) is 0.855. The molecule has 0 saturated heterocycles. The van der Waals surface area contributed by atoms with E-state index in [1.54, 1.807) is 7.11 Å². The Balaban J connectivity index is 1.95. The average molecular weight is 261 g/mol. The predicted octanol–water partition coefficient (Wildman–Crippen LogP) is 4.26. The van der Waals surface area contributed by atoms with E-state index in [4.69, 9.17) is 4.74 Å². The molecule has 0 radical (unpaired) electrons. The minimum atomic E-state index is 0.535. The summed E-state index contributed by atoms with van der Waals surface area (Å²) in [5, 5.41) is 3.74. The van der Waals surface area contributed by atoms with Crippen molar-refractivity contribution in [3.8, 4) is 0 Å². The Morgan fingerprint density at radius 3 is 2.58 bits per heavy atom. The van der Waals surface area contributed by atoms with Gasteiger partial charge in [0.1, 0.15) is 0 Å². The fourth-order valence-corrected chi connectivity index (χ4v) is 2.85. The van der Waals surface area contributed by atoms with Gasteiger partial charge in [0.05, 0.1) is 6.61 Å². The normalized spacial score (nSPS) is 19.3. The van der Waals surface area contributed by atoms with Crippen LogP contribution in [0.1, 0.15) is 45.1 Å². The van der Waals surface area contributed by atoms with Crippen molar-refractivity contribution in [2.24, 2.45) is 5.41 Å². The zero-order valence-electron chi connectivity index (χ0n) is 12.5. The molecular weight excluding hydrogens is 234 g/mol. The van der Waals surface area contributed by atoms with Gasteiger partial charge in [-0.1, -0.05) is 32.0 Å². The van der Waals surface area contributed by atoms with Crippen LogP contribution in [0.25, 0.3) is 0 Å². The van der Waals surface area contributed by atoms with Crippen molar-refractivity contribution >= 4 is 5.69 Å². The van der Waals surface area contributed by atoms with Crippen molar-refractivity contribution in [2.45, 2.75) is 52.0 Å². The largest absolute Gasteiger partial charge is 0.384 e. The van der Waals surface area contributed by atoms with E-state index in [0.29, 0.717) is 11.5 Å². The molecule has 1 aromatic carbocycles. The molecule has 0 unspecified atom stereocenters. The molecule has 0 amide bonds. The van der Waals surface area contributed by atoms with Gasteiger partial charge in [-0.2, -0.15) is 0 Å². The number of methoxy groups -OCH3 is 1. The summed E-state index contributed by atoms with van der Waals surface area (Å²) in [4.78, 5) is 0. The fourth-order valence-electron chi connectivity index (χ4n) is 2.85. The maximum atomic E-state index is 5.19. The lowest BCUT2D eigenvalue weighted by Gasteiger charge is -2.35. The number of nitrogens with one attached hydrogen (secondary N) is 1. The van der Waals surface area contributed by atoms with Gasteiger partial charge in [0, 0.05) is 18.8 Å². The summed E-state index contributed by atoms with van der Waals surface area (Å²) in [7, 11) is 1.76. The molecule has 0 aromatic heterocycles. The highest BCUT2D eigenvalue weighted by atomic mass is 16.5. The molecule has 1 saturated carbocycles. The molecule has 1 aliphatic rings. The number of para-hydroxylation sites is 1. The first-order valence-electron chi connectivity index (χ1n) is 7.44. The number of hydrogen-bond donors (Lipinski definition) is 1. The molecule has 0 atom stereocenters. The van der Waals surface area contributed by atoms with Gasteiger partial charge in [-0.3, -0.25) is 0 Å². The Morgan fingerprint density at radius 2 is 1.89 bits per heavy atom. The molecule has 2 heteroatoms. The van der Waals surface area contributed by atoms with Gasteiger partial charge in [0.15, 0.2) is 0 Å². The third-order valence-corrected chi connectivity index (χ3v) is 4.29. The molecule has 1 fully saturated rings. The van der Waals surface area contributed by atoms with Crippen LogP contribution in [0.3, 0.4) is 0 Å². The maximum Gasteiger partial charge on any atom is 0.0503 e. The summed E-state index contributed by atoms with van der Waals surface area (Å²) in [5.74, 6) is 0. The Hall–Kier alpha value is -1.02. The molecule has 0 bridgehead atoms. The summed E-state index contributed by atoms with van der Waals surface area (Å²) >= 11 is 0. The lowest BCUT2D eigenvalue weighted by molar-refractivity contribution is 0.202. The molecule has 1 aliphatic carbocycles.